The highest BCUT2D eigenvalue weighted by Gasteiger charge is 2.01. The molecule has 0 unspecified atom stereocenters. The number of thiazole rings is 1. The van der Waals surface area contributed by atoms with E-state index in [-0.39, 0.29) is 0 Å². The Morgan fingerprint density at radius 2 is 2.33 bits per heavy atom. The van der Waals surface area contributed by atoms with Crippen molar-refractivity contribution in [3.05, 3.63) is 10.2 Å². The van der Waals surface area contributed by atoms with Crippen LogP contribution in [0.4, 0.5) is 5.00 Å². The summed E-state index contributed by atoms with van der Waals surface area (Å²) in [6.45, 7) is 1.92. The van der Waals surface area contributed by atoms with Crippen molar-refractivity contribution in [1.82, 2.24) is 4.98 Å². The molecule has 0 radical (unpaired) electrons. The Morgan fingerprint density at radius 3 is 2.56 bits per heavy atom. The van der Waals surface area contributed by atoms with Crippen molar-refractivity contribution in [1.29, 1.82) is 0 Å². The van der Waals surface area contributed by atoms with E-state index in [4.69, 9.17) is 11.6 Å². The van der Waals surface area contributed by atoms with Gasteiger partial charge in [-0.1, -0.05) is 22.9 Å². The number of halogens is 1. The minimum Gasteiger partial charge on any atom is -0.378 e. The molecule has 1 aromatic heterocycles. The van der Waals surface area contributed by atoms with Gasteiger partial charge in [0.2, 0.25) is 0 Å². The average Bonchev–Trinajstić information content (AvgIpc) is 2.10. The van der Waals surface area contributed by atoms with Gasteiger partial charge in [-0.25, -0.2) is 4.98 Å². The molecule has 0 aromatic carbocycles. The van der Waals surface area contributed by atoms with Gasteiger partial charge in [0.1, 0.15) is 5.00 Å². The van der Waals surface area contributed by atoms with Gasteiger partial charge >= 0.3 is 0 Å². The summed E-state index contributed by atoms with van der Waals surface area (Å²) in [6, 6.07) is 0. The number of nitrogens with one attached hydrogen (secondary N) is 1. The van der Waals surface area contributed by atoms with Gasteiger partial charge in [-0.2, -0.15) is 0 Å². The Kier molecular flexibility index (Phi) is 1.93. The van der Waals surface area contributed by atoms with E-state index in [9.17, 15) is 0 Å². The average molecular weight is 163 g/mol. The molecular formula is C5H7ClN2S. The van der Waals surface area contributed by atoms with E-state index >= 15 is 0 Å². The largest absolute Gasteiger partial charge is 0.378 e. The van der Waals surface area contributed by atoms with Crippen LogP contribution in [0.5, 0.6) is 0 Å². The second-order valence-electron chi connectivity index (χ2n) is 1.63. The lowest BCUT2D eigenvalue weighted by Gasteiger charge is -1.90. The summed E-state index contributed by atoms with van der Waals surface area (Å²) in [7, 11) is 1.86. The molecule has 2 nitrogen and oxygen atoms in total. The van der Waals surface area contributed by atoms with E-state index in [1.165, 1.54) is 11.3 Å². The van der Waals surface area contributed by atoms with E-state index in [1.807, 2.05) is 14.0 Å². The molecule has 0 fully saturated rings. The highest BCUT2D eigenvalue weighted by Crippen LogP contribution is 2.26. The molecule has 0 saturated carbocycles. The van der Waals surface area contributed by atoms with Gasteiger partial charge in [0.05, 0.1) is 5.69 Å². The maximum absolute atomic E-state index is 5.61. The summed E-state index contributed by atoms with van der Waals surface area (Å²) in [5.41, 5.74) is 0.965. The van der Waals surface area contributed by atoms with Crippen molar-refractivity contribution < 1.29 is 0 Å². The van der Waals surface area contributed by atoms with Crippen molar-refractivity contribution in [2.75, 3.05) is 12.4 Å². The fourth-order valence-electron chi connectivity index (χ4n) is 0.595. The summed E-state index contributed by atoms with van der Waals surface area (Å²) in [5, 5.41) is 4.03. The molecule has 0 aliphatic rings. The molecule has 1 heterocycles. The van der Waals surface area contributed by atoms with Gasteiger partial charge in [-0.05, 0) is 6.92 Å². The van der Waals surface area contributed by atoms with Gasteiger partial charge in [-0.15, -0.1) is 0 Å². The summed E-state index contributed by atoms with van der Waals surface area (Å²) in [4.78, 5) is 4.00. The van der Waals surface area contributed by atoms with Crippen LogP contribution in [0.25, 0.3) is 0 Å². The molecule has 0 atom stereocenters. The minimum absolute atomic E-state index is 0.594. The Bertz CT molecular complexity index is 209. The first kappa shape index (κ1) is 6.83. The summed E-state index contributed by atoms with van der Waals surface area (Å²) < 4.78 is 0.594. The molecule has 9 heavy (non-hydrogen) atoms. The van der Waals surface area contributed by atoms with Gasteiger partial charge in [0.15, 0.2) is 4.47 Å². The third-order valence-corrected chi connectivity index (χ3v) is 2.28. The van der Waals surface area contributed by atoms with E-state index in [0.29, 0.717) is 4.47 Å². The van der Waals surface area contributed by atoms with E-state index in [2.05, 4.69) is 10.3 Å². The second kappa shape index (κ2) is 2.54. The number of rotatable bonds is 1. The van der Waals surface area contributed by atoms with Crippen molar-refractivity contribution in [2.45, 2.75) is 6.92 Å². The normalized spacial score (nSPS) is 9.67. The maximum Gasteiger partial charge on any atom is 0.185 e. The number of anilines is 1. The SMILES string of the molecule is CNc1sc(Cl)nc1C. The smallest absolute Gasteiger partial charge is 0.185 e. The van der Waals surface area contributed by atoms with Crippen LogP contribution in [0.3, 0.4) is 0 Å². The Morgan fingerprint density at radius 1 is 1.67 bits per heavy atom. The molecule has 0 aliphatic carbocycles. The molecular weight excluding hydrogens is 156 g/mol. The number of nitrogens with zero attached hydrogens (tertiary/aromatic N) is 1. The predicted octanol–water partition coefficient (Wildman–Crippen LogP) is 2.15. The van der Waals surface area contributed by atoms with E-state index in [0.717, 1.165) is 10.7 Å². The van der Waals surface area contributed by atoms with Crippen molar-refractivity contribution in [3.63, 3.8) is 0 Å². The van der Waals surface area contributed by atoms with E-state index < -0.39 is 0 Å². The summed E-state index contributed by atoms with van der Waals surface area (Å²) >= 11 is 7.07. The maximum atomic E-state index is 5.61. The molecule has 0 amide bonds. The zero-order chi connectivity index (χ0) is 6.85. The van der Waals surface area contributed by atoms with Crippen molar-refractivity contribution in [2.24, 2.45) is 0 Å². The van der Waals surface area contributed by atoms with Crippen molar-refractivity contribution >= 4 is 27.9 Å². The lowest BCUT2D eigenvalue weighted by atomic mass is 10.5. The second-order valence-corrected chi connectivity index (χ2v) is 3.21. The molecule has 4 heteroatoms. The minimum atomic E-state index is 0.594. The highest BCUT2D eigenvalue weighted by molar-refractivity contribution is 7.19. The van der Waals surface area contributed by atoms with Crippen LogP contribution in [0.1, 0.15) is 5.69 Å². The van der Waals surface area contributed by atoms with Crippen LogP contribution in [0.15, 0.2) is 0 Å². The summed E-state index contributed by atoms with van der Waals surface area (Å²) in [6.07, 6.45) is 0. The topological polar surface area (TPSA) is 24.9 Å². The molecule has 50 valence electrons. The summed E-state index contributed by atoms with van der Waals surface area (Å²) in [5.74, 6) is 0. The van der Waals surface area contributed by atoms with Gasteiger partial charge in [-0.3, -0.25) is 0 Å². The van der Waals surface area contributed by atoms with Crippen LogP contribution in [0, 0.1) is 6.92 Å². The highest BCUT2D eigenvalue weighted by atomic mass is 35.5. The van der Waals surface area contributed by atoms with Crippen LogP contribution >= 0.6 is 22.9 Å². The van der Waals surface area contributed by atoms with Gasteiger partial charge in [0.25, 0.3) is 0 Å². The Hall–Kier alpha value is -0.280. The zero-order valence-electron chi connectivity index (χ0n) is 5.23. The lowest BCUT2D eigenvalue weighted by molar-refractivity contribution is 1.26. The van der Waals surface area contributed by atoms with Gasteiger partial charge in [0, 0.05) is 7.05 Å². The van der Waals surface area contributed by atoms with E-state index in [1.54, 1.807) is 0 Å². The monoisotopic (exact) mass is 162 g/mol. The van der Waals surface area contributed by atoms with Crippen LogP contribution in [-0.4, -0.2) is 12.0 Å². The zero-order valence-corrected chi connectivity index (χ0v) is 6.81. The fourth-order valence-corrected chi connectivity index (χ4v) is 1.60. The Labute approximate surface area is 62.9 Å². The van der Waals surface area contributed by atoms with Crippen LogP contribution in [-0.2, 0) is 0 Å². The third kappa shape index (κ3) is 1.34. The molecule has 0 bridgehead atoms. The number of aromatic nitrogens is 1. The number of aryl methyl sites for hydroxylation is 1. The third-order valence-electron chi connectivity index (χ3n) is 0.998. The molecule has 1 rings (SSSR count). The number of hydrogen-bond donors (Lipinski definition) is 1. The quantitative estimate of drug-likeness (QED) is 0.685. The first-order chi connectivity index (χ1) is 4.24. The first-order valence-electron chi connectivity index (χ1n) is 2.54. The molecule has 1 aromatic rings. The lowest BCUT2D eigenvalue weighted by Crippen LogP contribution is -1.85. The first-order valence-corrected chi connectivity index (χ1v) is 3.74. The van der Waals surface area contributed by atoms with Crippen molar-refractivity contribution in [3.8, 4) is 0 Å². The number of hydrogen-bond acceptors (Lipinski definition) is 3. The van der Waals surface area contributed by atoms with Crippen LogP contribution < -0.4 is 5.32 Å². The molecule has 0 saturated heterocycles. The Balaban J connectivity index is 3.01. The molecule has 0 spiro atoms. The van der Waals surface area contributed by atoms with Crippen LogP contribution in [0.2, 0.25) is 4.47 Å². The predicted molar refractivity (Wildman–Crippen MR) is 41.4 cm³/mol. The van der Waals surface area contributed by atoms with Gasteiger partial charge < -0.3 is 5.32 Å². The standard InChI is InChI=1S/C5H7ClN2S/c1-3-4(7-2)9-5(6)8-3/h7H,1-2H3. The molecule has 1 N–H and O–H groups in total. The fraction of sp³-hybridized carbons (Fsp3) is 0.400. The molecule has 0 aliphatic heterocycles.